The van der Waals surface area contributed by atoms with Gasteiger partial charge in [0.2, 0.25) is 0 Å². The maximum absolute atomic E-state index is 12.5. The molecule has 1 fully saturated rings. The summed E-state index contributed by atoms with van der Waals surface area (Å²) < 4.78 is 0.886. The van der Waals surface area contributed by atoms with Crippen molar-refractivity contribution in [2.45, 2.75) is 12.5 Å². The second-order valence-corrected chi connectivity index (χ2v) is 7.17. The molecule has 0 aliphatic carbocycles. The number of thioether (sulfide) groups is 1. The van der Waals surface area contributed by atoms with Crippen molar-refractivity contribution in [1.29, 1.82) is 0 Å². The van der Waals surface area contributed by atoms with Crippen LogP contribution < -0.4 is 0 Å². The minimum absolute atomic E-state index is 0.0170. The Labute approximate surface area is 140 Å². The Balaban J connectivity index is 2.20. The molecule has 0 aromatic heterocycles. The number of aliphatic carboxylic acids is 1. The molecule has 20 heavy (non-hydrogen) atoms. The van der Waals surface area contributed by atoms with Crippen molar-refractivity contribution >= 4 is 57.8 Å². The summed E-state index contributed by atoms with van der Waals surface area (Å²) in [6, 6.07) is 4.92. The number of carbonyl (C=O) groups is 2. The SMILES string of the molecule is O=C(O)CC1CSCCN1C(=O)c1ccc(I)c(Cl)c1. The molecule has 1 saturated heterocycles. The number of carboxylic acids is 1. The fraction of sp³-hybridized carbons (Fsp3) is 0.385. The number of benzene rings is 1. The van der Waals surface area contributed by atoms with E-state index < -0.39 is 5.97 Å². The van der Waals surface area contributed by atoms with Crippen LogP contribution in [0.3, 0.4) is 0 Å². The van der Waals surface area contributed by atoms with Gasteiger partial charge in [-0.15, -0.1) is 0 Å². The predicted octanol–water partition coefficient (Wildman–Crippen LogP) is 2.98. The van der Waals surface area contributed by atoms with Gasteiger partial charge in [-0.3, -0.25) is 9.59 Å². The van der Waals surface area contributed by atoms with Crippen LogP contribution in [0.5, 0.6) is 0 Å². The third-order valence-electron chi connectivity index (χ3n) is 3.07. The zero-order valence-electron chi connectivity index (χ0n) is 10.5. The summed E-state index contributed by atoms with van der Waals surface area (Å²) in [6.07, 6.45) is -0.0170. The standard InChI is InChI=1S/C13H13ClINO3S/c14-10-5-8(1-2-11(10)15)13(19)16-3-4-20-7-9(16)6-12(17)18/h1-2,5,9H,3-4,6-7H2,(H,17,18). The van der Waals surface area contributed by atoms with Gasteiger partial charge in [0.25, 0.3) is 5.91 Å². The normalized spacial score (nSPS) is 18.9. The lowest BCUT2D eigenvalue weighted by atomic mass is 10.1. The van der Waals surface area contributed by atoms with Gasteiger partial charge in [-0.05, 0) is 40.8 Å². The summed E-state index contributed by atoms with van der Waals surface area (Å²) in [5, 5.41) is 9.49. The lowest BCUT2D eigenvalue weighted by Crippen LogP contribution is -2.47. The molecule has 1 heterocycles. The first-order valence-electron chi connectivity index (χ1n) is 6.04. The van der Waals surface area contributed by atoms with Crippen LogP contribution in [0.15, 0.2) is 18.2 Å². The molecule has 1 unspecified atom stereocenters. The smallest absolute Gasteiger partial charge is 0.305 e. The van der Waals surface area contributed by atoms with Crippen molar-refractivity contribution in [3.05, 3.63) is 32.4 Å². The van der Waals surface area contributed by atoms with E-state index in [2.05, 4.69) is 22.6 Å². The van der Waals surface area contributed by atoms with Gasteiger partial charge in [-0.25, -0.2) is 0 Å². The lowest BCUT2D eigenvalue weighted by Gasteiger charge is -2.34. The molecule has 1 aliphatic heterocycles. The lowest BCUT2D eigenvalue weighted by molar-refractivity contribution is -0.138. The van der Waals surface area contributed by atoms with E-state index >= 15 is 0 Å². The molecule has 1 atom stereocenters. The van der Waals surface area contributed by atoms with Crippen LogP contribution in [-0.2, 0) is 4.79 Å². The number of hydrogen-bond acceptors (Lipinski definition) is 3. The molecular weight excluding hydrogens is 413 g/mol. The maximum atomic E-state index is 12.5. The Bertz CT molecular complexity index is 540. The first-order valence-corrected chi connectivity index (χ1v) is 8.65. The van der Waals surface area contributed by atoms with Crippen molar-refractivity contribution in [3.8, 4) is 0 Å². The fourth-order valence-electron chi connectivity index (χ4n) is 2.09. The van der Waals surface area contributed by atoms with Gasteiger partial charge in [0.15, 0.2) is 0 Å². The summed E-state index contributed by atoms with van der Waals surface area (Å²) in [4.78, 5) is 25.1. The highest BCUT2D eigenvalue weighted by molar-refractivity contribution is 14.1. The van der Waals surface area contributed by atoms with Crippen LogP contribution in [0.4, 0.5) is 0 Å². The number of carbonyl (C=O) groups excluding carboxylic acids is 1. The third kappa shape index (κ3) is 3.79. The number of amides is 1. The van der Waals surface area contributed by atoms with Crippen molar-refractivity contribution in [1.82, 2.24) is 4.90 Å². The van der Waals surface area contributed by atoms with Crippen LogP contribution in [0.1, 0.15) is 16.8 Å². The van der Waals surface area contributed by atoms with Gasteiger partial charge in [0.05, 0.1) is 17.5 Å². The van der Waals surface area contributed by atoms with Crippen LogP contribution in [0.2, 0.25) is 5.02 Å². The summed E-state index contributed by atoms with van der Waals surface area (Å²) >= 11 is 9.82. The van der Waals surface area contributed by atoms with E-state index in [4.69, 9.17) is 16.7 Å². The fourth-order valence-corrected chi connectivity index (χ4v) is 3.67. The monoisotopic (exact) mass is 425 g/mol. The molecule has 0 spiro atoms. The molecule has 1 amide bonds. The topological polar surface area (TPSA) is 57.6 Å². The van der Waals surface area contributed by atoms with Gasteiger partial charge < -0.3 is 10.0 Å². The summed E-state index contributed by atoms with van der Waals surface area (Å²) in [5.74, 6) is 0.474. The molecule has 1 N–H and O–H groups in total. The molecule has 2 rings (SSSR count). The minimum Gasteiger partial charge on any atom is -0.481 e. The first-order chi connectivity index (χ1) is 9.49. The Morgan fingerprint density at radius 1 is 1.50 bits per heavy atom. The van der Waals surface area contributed by atoms with E-state index in [0.717, 1.165) is 9.32 Å². The molecule has 7 heteroatoms. The van der Waals surface area contributed by atoms with Gasteiger partial charge in [0, 0.05) is 27.2 Å². The number of nitrogens with zero attached hydrogens (tertiary/aromatic N) is 1. The van der Waals surface area contributed by atoms with Crippen LogP contribution in [0, 0.1) is 3.57 Å². The summed E-state index contributed by atoms with van der Waals surface area (Å²) in [7, 11) is 0. The number of rotatable bonds is 3. The highest BCUT2D eigenvalue weighted by Crippen LogP contribution is 2.24. The molecule has 0 radical (unpaired) electrons. The van der Waals surface area contributed by atoms with E-state index in [1.54, 1.807) is 34.9 Å². The first kappa shape index (κ1) is 15.9. The van der Waals surface area contributed by atoms with Crippen LogP contribution in [0.25, 0.3) is 0 Å². The van der Waals surface area contributed by atoms with Crippen LogP contribution in [-0.4, -0.2) is 46.0 Å². The maximum Gasteiger partial charge on any atom is 0.305 e. The van der Waals surface area contributed by atoms with Crippen molar-refractivity contribution in [2.24, 2.45) is 0 Å². The highest BCUT2D eigenvalue weighted by atomic mass is 127. The minimum atomic E-state index is -0.879. The molecule has 0 bridgehead atoms. The van der Waals surface area contributed by atoms with E-state index in [1.165, 1.54) is 0 Å². The van der Waals surface area contributed by atoms with Gasteiger partial charge >= 0.3 is 5.97 Å². The Morgan fingerprint density at radius 2 is 2.25 bits per heavy atom. The van der Waals surface area contributed by atoms with Gasteiger partial charge in [-0.2, -0.15) is 11.8 Å². The molecule has 4 nitrogen and oxygen atoms in total. The second-order valence-electron chi connectivity index (χ2n) is 4.45. The van der Waals surface area contributed by atoms with E-state index in [0.29, 0.717) is 22.9 Å². The zero-order valence-corrected chi connectivity index (χ0v) is 14.2. The largest absolute Gasteiger partial charge is 0.481 e. The van der Waals surface area contributed by atoms with E-state index in [9.17, 15) is 9.59 Å². The Hall–Kier alpha value is -0.470. The molecular formula is C13H13ClINO3S. The average Bonchev–Trinajstić information content (AvgIpc) is 2.41. The van der Waals surface area contributed by atoms with Crippen molar-refractivity contribution in [2.75, 3.05) is 18.1 Å². The van der Waals surface area contributed by atoms with Crippen molar-refractivity contribution < 1.29 is 14.7 Å². The Kier molecular flexibility index (Phi) is 5.57. The molecule has 1 aliphatic rings. The second kappa shape index (κ2) is 7.00. The summed E-state index contributed by atoms with van der Waals surface area (Å²) in [5.41, 5.74) is 0.512. The molecule has 1 aromatic rings. The van der Waals surface area contributed by atoms with E-state index in [1.807, 2.05) is 0 Å². The Morgan fingerprint density at radius 3 is 2.90 bits per heavy atom. The predicted molar refractivity (Wildman–Crippen MR) is 88.6 cm³/mol. The van der Waals surface area contributed by atoms with E-state index in [-0.39, 0.29) is 18.4 Å². The van der Waals surface area contributed by atoms with Crippen molar-refractivity contribution in [3.63, 3.8) is 0 Å². The zero-order chi connectivity index (χ0) is 14.7. The third-order valence-corrected chi connectivity index (χ3v) is 5.73. The molecule has 108 valence electrons. The van der Waals surface area contributed by atoms with Gasteiger partial charge in [-0.1, -0.05) is 11.6 Å². The molecule has 1 aromatic carbocycles. The number of carboxylic acid groups (broad SMARTS) is 1. The number of halogens is 2. The average molecular weight is 426 g/mol. The highest BCUT2D eigenvalue weighted by Gasteiger charge is 2.29. The quantitative estimate of drug-likeness (QED) is 0.757. The summed E-state index contributed by atoms with van der Waals surface area (Å²) in [6.45, 7) is 0.574. The molecule has 0 saturated carbocycles. The number of hydrogen-bond donors (Lipinski definition) is 1. The van der Waals surface area contributed by atoms with Gasteiger partial charge in [0.1, 0.15) is 0 Å². The van der Waals surface area contributed by atoms with Crippen LogP contribution >= 0.6 is 46.0 Å².